The molecule has 1 heterocycles. The monoisotopic (exact) mass is 457 g/mol. The predicted molar refractivity (Wildman–Crippen MR) is 138 cm³/mol. The summed E-state index contributed by atoms with van der Waals surface area (Å²) in [6.45, 7) is 2.02. The van der Waals surface area contributed by atoms with Gasteiger partial charge < -0.3 is 5.32 Å². The average molecular weight is 458 g/mol. The van der Waals surface area contributed by atoms with E-state index in [1.807, 2.05) is 79.7 Å². The molecule has 0 saturated heterocycles. The lowest BCUT2D eigenvalue weighted by Crippen LogP contribution is -2.13. The normalized spacial score (nSPS) is 10.7. The second kappa shape index (κ2) is 9.61. The second-order valence-corrected chi connectivity index (χ2v) is 8.27. The maximum atomic E-state index is 13.4. The van der Waals surface area contributed by atoms with E-state index in [4.69, 9.17) is 5.10 Å². The molecule has 4 aromatic carbocycles. The number of amides is 1. The fraction of sp³-hybridized carbons (Fsp3) is 0.0333. The van der Waals surface area contributed by atoms with Crippen molar-refractivity contribution in [2.45, 2.75) is 6.92 Å². The number of carbonyl (C=O) groups excluding carboxylic acids is 2. The van der Waals surface area contributed by atoms with E-state index < -0.39 is 0 Å². The first-order valence-corrected chi connectivity index (χ1v) is 11.3. The first kappa shape index (κ1) is 22.0. The summed E-state index contributed by atoms with van der Waals surface area (Å²) in [7, 11) is 0. The van der Waals surface area contributed by atoms with Crippen LogP contribution in [0.1, 0.15) is 31.8 Å². The number of ketones is 1. The molecule has 5 aromatic rings. The van der Waals surface area contributed by atoms with Gasteiger partial charge in [0.2, 0.25) is 0 Å². The quantitative estimate of drug-likeness (QED) is 0.303. The number of aryl methyl sites for hydroxylation is 1. The van der Waals surface area contributed by atoms with Crippen molar-refractivity contribution < 1.29 is 9.59 Å². The second-order valence-electron chi connectivity index (χ2n) is 8.27. The number of rotatable bonds is 6. The van der Waals surface area contributed by atoms with Gasteiger partial charge in [-0.3, -0.25) is 9.59 Å². The van der Waals surface area contributed by atoms with Crippen LogP contribution in [0.3, 0.4) is 0 Å². The number of aromatic nitrogens is 2. The molecular weight excluding hydrogens is 434 g/mol. The van der Waals surface area contributed by atoms with Crippen LogP contribution in [0.2, 0.25) is 0 Å². The molecule has 5 heteroatoms. The molecule has 5 rings (SSSR count). The molecule has 1 aromatic heterocycles. The SMILES string of the molecule is Cc1ccc(-c2nn(-c3ccccc3)cc2C(=O)Nc2cccc(C(=O)c3ccccc3)c2)cc1. The first-order chi connectivity index (χ1) is 17.1. The molecule has 1 N–H and O–H groups in total. The van der Waals surface area contributed by atoms with E-state index in [0.717, 1.165) is 16.8 Å². The van der Waals surface area contributed by atoms with E-state index in [1.165, 1.54) is 0 Å². The van der Waals surface area contributed by atoms with Crippen molar-refractivity contribution in [3.05, 3.63) is 138 Å². The fourth-order valence-corrected chi connectivity index (χ4v) is 3.87. The molecule has 0 fully saturated rings. The van der Waals surface area contributed by atoms with E-state index >= 15 is 0 Å². The van der Waals surface area contributed by atoms with Crippen LogP contribution in [0.5, 0.6) is 0 Å². The molecule has 0 spiro atoms. The molecule has 1 amide bonds. The van der Waals surface area contributed by atoms with Crippen LogP contribution in [0.25, 0.3) is 16.9 Å². The van der Waals surface area contributed by atoms with Crippen LogP contribution in [0.15, 0.2) is 115 Å². The Morgan fingerprint density at radius 2 is 1.40 bits per heavy atom. The molecule has 0 bridgehead atoms. The van der Waals surface area contributed by atoms with Gasteiger partial charge in [0.05, 0.1) is 11.3 Å². The third kappa shape index (κ3) is 4.80. The molecule has 0 saturated carbocycles. The summed E-state index contributed by atoms with van der Waals surface area (Å²) in [5, 5.41) is 7.68. The van der Waals surface area contributed by atoms with Crippen LogP contribution in [0, 0.1) is 6.92 Å². The summed E-state index contributed by atoms with van der Waals surface area (Å²) in [5.74, 6) is -0.397. The van der Waals surface area contributed by atoms with Gasteiger partial charge in [-0.25, -0.2) is 4.68 Å². The van der Waals surface area contributed by atoms with Crippen LogP contribution in [0.4, 0.5) is 5.69 Å². The third-order valence-corrected chi connectivity index (χ3v) is 5.72. The minimum Gasteiger partial charge on any atom is -0.322 e. The van der Waals surface area contributed by atoms with Gasteiger partial charge in [-0.1, -0.05) is 90.5 Å². The van der Waals surface area contributed by atoms with Gasteiger partial charge in [-0.05, 0) is 31.2 Å². The minimum absolute atomic E-state index is 0.0982. The Labute approximate surface area is 203 Å². The third-order valence-electron chi connectivity index (χ3n) is 5.72. The van der Waals surface area contributed by atoms with Crippen molar-refractivity contribution in [3.8, 4) is 16.9 Å². The molecule has 5 nitrogen and oxygen atoms in total. The molecule has 0 unspecified atom stereocenters. The first-order valence-electron chi connectivity index (χ1n) is 11.3. The maximum Gasteiger partial charge on any atom is 0.259 e. The lowest BCUT2D eigenvalue weighted by Gasteiger charge is -2.08. The Morgan fingerprint density at radius 3 is 2.11 bits per heavy atom. The maximum absolute atomic E-state index is 13.4. The zero-order valence-corrected chi connectivity index (χ0v) is 19.2. The van der Waals surface area contributed by atoms with Crippen LogP contribution < -0.4 is 5.32 Å². The van der Waals surface area contributed by atoms with Gasteiger partial charge in [0, 0.05) is 28.6 Å². The highest BCUT2D eigenvalue weighted by molar-refractivity contribution is 6.11. The Balaban J connectivity index is 1.48. The molecular formula is C30H23N3O2. The fourth-order valence-electron chi connectivity index (χ4n) is 3.87. The minimum atomic E-state index is -0.299. The zero-order valence-electron chi connectivity index (χ0n) is 19.2. The summed E-state index contributed by atoms with van der Waals surface area (Å²) in [4.78, 5) is 26.3. The van der Waals surface area contributed by atoms with E-state index in [2.05, 4.69) is 5.32 Å². The molecule has 35 heavy (non-hydrogen) atoms. The van der Waals surface area contributed by atoms with Gasteiger partial charge in [-0.15, -0.1) is 0 Å². The van der Waals surface area contributed by atoms with E-state index in [0.29, 0.717) is 28.1 Å². The average Bonchev–Trinajstić information content (AvgIpc) is 3.36. The number of nitrogens with one attached hydrogen (secondary N) is 1. The van der Waals surface area contributed by atoms with Crippen LogP contribution in [-0.4, -0.2) is 21.5 Å². The molecule has 170 valence electrons. The van der Waals surface area contributed by atoms with E-state index in [-0.39, 0.29) is 11.7 Å². The highest BCUT2D eigenvalue weighted by Gasteiger charge is 2.19. The van der Waals surface area contributed by atoms with Crippen molar-refractivity contribution in [2.24, 2.45) is 0 Å². The van der Waals surface area contributed by atoms with Crippen molar-refractivity contribution in [1.82, 2.24) is 9.78 Å². The zero-order chi connectivity index (χ0) is 24.2. The van der Waals surface area contributed by atoms with E-state index in [1.54, 1.807) is 47.3 Å². The number of anilines is 1. The van der Waals surface area contributed by atoms with Crippen molar-refractivity contribution >= 4 is 17.4 Å². The highest BCUT2D eigenvalue weighted by atomic mass is 16.1. The summed E-state index contributed by atoms with van der Waals surface area (Å²) in [5.41, 5.74) is 5.51. The smallest absolute Gasteiger partial charge is 0.259 e. The van der Waals surface area contributed by atoms with Gasteiger partial charge in [0.1, 0.15) is 5.69 Å². The number of benzene rings is 4. The molecule has 0 aliphatic heterocycles. The molecule has 0 aliphatic rings. The Morgan fingerprint density at radius 1 is 0.743 bits per heavy atom. The summed E-state index contributed by atoms with van der Waals surface area (Å²) in [6.07, 6.45) is 1.73. The molecule has 0 atom stereocenters. The van der Waals surface area contributed by atoms with Crippen molar-refractivity contribution in [1.29, 1.82) is 0 Å². The van der Waals surface area contributed by atoms with Crippen molar-refractivity contribution in [3.63, 3.8) is 0 Å². The van der Waals surface area contributed by atoms with Gasteiger partial charge in [0.15, 0.2) is 5.78 Å². The Kier molecular flexibility index (Phi) is 6.05. The summed E-state index contributed by atoms with van der Waals surface area (Å²) < 4.78 is 1.71. The number of nitrogens with zero attached hydrogens (tertiary/aromatic N) is 2. The van der Waals surface area contributed by atoms with Gasteiger partial charge in [0.25, 0.3) is 5.91 Å². The summed E-state index contributed by atoms with van der Waals surface area (Å²) in [6, 6.07) is 33.6. The van der Waals surface area contributed by atoms with Crippen LogP contribution in [-0.2, 0) is 0 Å². The molecule has 0 radical (unpaired) electrons. The van der Waals surface area contributed by atoms with E-state index in [9.17, 15) is 9.59 Å². The molecule has 0 aliphatic carbocycles. The van der Waals surface area contributed by atoms with Crippen LogP contribution >= 0.6 is 0 Å². The Bertz CT molecular complexity index is 1490. The number of hydrogen-bond acceptors (Lipinski definition) is 3. The summed E-state index contributed by atoms with van der Waals surface area (Å²) >= 11 is 0. The highest BCUT2D eigenvalue weighted by Crippen LogP contribution is 2.25. The number of hydrogen-bond donors (Lipinski definition) is 1. The Hall–Kier alpha value is -4.77. The predicted octanol–water partition coefficient (Wildman–Crippen LogP) is 6.33. The topological polar surface area (TPSA) is 64.0 Å². The lowest BCUT2D eigenvalue weighted by atomic mass is 10.0. The lowest BCUT2D eigenvalue weighted by molar-refractivity contribution is 0.102. The van der Waals surface area contributed by atoms with Crippen molar-refractivity contribution in [2.75, 3.05) is 5.32 Å². The van der Waals surface area contributed by atoms with Gasteiger partial charge in [-0.2, -0.15) is 5.10 Å². The van der Waals surface area contributed by atoms with Gasteiger partial charge >= 0.3 is 0 Å². The largest absolute Gasteiger partial charge is 0.322 e. The number of carbonyl (C=O) groups is 2. The standard InChI is InChI=1S/C30H23N3O2/c1-21-15-17-22(18-16-21)28-27(20-33(32-28)26-13-6-3-7-14-26)30(35)31-25-12-8-11-24(19-25)29(34)23-9-4-2-5-10-23/h2-20H,1H3,(H,31,35). The number of para-hydroxylation sites is 1.